The lowest BCUT2D eigenvalue weighted by molar-refractivity contribution is -0.137. The molecule has 3 saturated carbocycles. The van der Waals surface area contributed by atoms with Gasteiger partial charge in [0.25, 0.3) is 5.92 Å². The highest BCUT2D eigenvalue weighted by Crippen LogP contribution is 2.38. The zero-order chi connectivity index (χ0) is 29.4. The molecule has 0 bridgehead atoms. The minimum atomic E-state index is -3.14. The Kier molecular flexibility index (Phi) is 16.8. The van der Waals surface area contributed by atoms with Crippen LogP contribution in [-0.2, 0) is 9.59 Å². The third-order valence-electron chi connectivity index (χ3n) is 9.30. The van der Waals surface area contributed by atoms with Crippen molar-refractivity contribution in [1.29, 1.82) is 0 Å². The number of rotatable bonds is 16. The molecule has 0 aromatic carbocycles. The number of aliphatic carboxylic acids is 1. The molecule has 1 unspecified atom stereocenters. The van der Waals surface area contributed by atoms with E-state index < -0.39 is 24.1 Å². The van der Waals surface area contributed by atoms with Gasteiger partial charge in [0.15, 0.2) is 0 Å². The number of ketones is 1. The van der Waals surface area contributed by atoms with Crippen molar-refractivity contribution in [3.05, 3.63) is 0 Å². The van der Waals surface area contributed by atoms with Gasteiger partial charge in [-0.05, 0) is 63.7 Å². The number of carbonyl (C=O) groups is 2. The summed E-state index contributed by atoms with van der Waals surface area (Å²) in [7, 11) is 0. The molecule has 0 radical (unpaired) electrons. The number of carbonyl (C=O) groups excluding carboxylic acids is 1. The van der Waals surface area contributed by atoms with Gasteiger partial charge < -0.3 is 20.6 Å². The molecule has 4 atom stereocenters. The fraction of sp³-hybridized carbons (Fsp3) is 0.938. The van der Waals surface area contributed by atoms with Crippen molar-refractivity contribution in [3.63, 3.8) is 0 Å². The van der Waals surface area contributed by atoms with Crippen LogP contribution < -0.4 is 5.32 Å². The van der Waals surface area contributed by atoms with Crippen molar-refractivity contribution in [2.75, 3.05) is 0 Å². The number of nitrogens with one attached hydrogen (secondary N) is 1. The molecule has 0 saturated heterocycles. The summed E-state index contributed by atoms with van der Waals surface area (Å²) in [5, 5.41) is 32.5. The number of alkyl halides is 2. The molecule has 6 nitrogen and oxygen atoms in total. The summed E-state index contributed by atoms with van der Waals surface area (Å²) in [6, 6.07) is 1.74. The number of Topliss-reactive ketones (excluding diaryl/α,β-unsaturated/α-hetero) is 1. The van der Waals surface area contributed by atoms with E-state index >= 15 is 0 Å². The SMILES string of the molecule is C1CCC(NC2CCCCC2)CC1.CCCCC(F)(F)C(O)CC[C@H]1[C@H](O)CC(=O)[C@@H]1CCCCCCC(=O)O. The Balaban J connectivity index is 0.000000355. The van der Waals surface area contributed by atoms with Crippen LogP contribution in [0.4, 0.5) is 8.78 Å². The number of unbranched alkanes of at least 4 members (excludes halogenated alkanes) is 4. The molecule has 3 fully saturated rings. The summed E-state index contributed by atoms with van der Waals surface area (Å²) in [5.74, 6) is -4.73. The largest absolute Gasteiger partial charge is 0.481 e. The van der Waals surface area contributed by atoms with Crippen molar-refractivity contribution < 1.29 is 33.7 Å². The van der Waals surface area contributed by atoms with Crippen LogP contribution >= 0.6 is 0 Å². The standard InChI is InChI=1S/C20H34F2O5.C12H23N/c1-2-3-12-20(21,22)18(25)11-10-15-14(16(23)13-17(15)24)8-6-4-5-7-9-19(26)27;1-3-7-11(8-4-1)13-12-9-5-2-6-10-12/h14-15,17-18,24-25H,2-13H2,1H3,(H,26,27);11-13H,1-10H2/t14-,15-,17-,18?;/m1./s1. The number of aliphatic hydroxyl groups excluding tert-OH is 2. The van der Waals surface area contributed by atoms with Crippen molar-refractivity contribution in [1.82, 2.24) is 5.32 Å². The van der Waals surface area contributed by atoms with Gasteiger partial charge in [-0.3, -0.25) is 9.59 Å². The van der Waals surface area contributed by atoms with Crippen LogP contribution in [0.15, 0.2) is 0 Å². The maximum absolute atomic E-state index is 13.9. The number of hydrogen-bond acceptors (Lipinski definition) is 5. The first-order valence-corrected chi connectivity index (χ1v) is 16.4. The first-order valence-electron chi connectivity index (χ1n) is 16.4. The Morgan fingerprint density at radius 2 is 1.50 bits per heavy atom. The van der Waals surface area contributed by atoms with Crippen molar-refractivity contribution >= 4 is 11.8 Å². The highest BCUT2D eigenvalue weighted by molar-refractivity contribution is 5.84. The Morgan fingerprint density at radius 1 is 0.925 bits per heavy atom. The van der Waals surface area contributed by atoms with Gasteiger partial charge in [-0.15, -0.1) is 0 Å². The smallest absolute Gasteiger partial charge is 0.303 e. The molecule has 8 heteroatoms. The Morgan fingerprint density at radius 3 is 2.05 bits per heavy atom. The first-order chi connectivity index (χ1) is 19.1. The second-order valence-electron chi connectivity index (χ2n) is 12.6. The van der Waals surface area contributed by atoms with Crippen LogP contribution in [-0.4, -0.2) is 57.3 Å². The number of aliphatic hydroxyl groups is 2. The van der Waals surface area contributed by atoms with Gasteiger partial charge in [-0.2, -0.15) is 0 Å². The molecule has 0 aromatic rings. The second kappa shape index (κ2) is 19.1. The molecule has 0 aromatic heterocycles. The molecule has 40 heavy (non-hydrogen) atoms. The lowest BCUT2D eigenvalue weighted by Crippen LogP contribution is -2.40. The molecule has 0 spiro atoms. The number of halogens is 2. The highest BCUT2D eigenvalue weighted by atomic mass is 19.3. The molecule has 3 aliphatic rings. The topological polar surface area (TPSA) is 107 Å². The van der Waals surface area contributed by atoms with Gasteiger partial charge in [0.1, 0.15) is 11.9 Å². The molecule has 4 N–H and O–H groups in total. The van der Waals surface area contributed by atoms with Crippen LogP contribution in [0.25, 0.3) is 0 Å². The normalized spacial score (nSPS) is 25.4. The van der Waals surface area contributed by atoms with E-state index in [1.165, 1.54) is 64.2 Å². The lowest BCUT2D eigenvalue weighted by atomic mass is 9.84. The van der Waals surface area contributed by atoms with E-state index in [1.54, 1.807) is 0 Å². The fourth-order valence-corrected chi connectivity index (χ4v) is 6.79. The van der Waals surface area contributed by atoms with Gasteiger partial charge in [-0.25, -0.2) is 8.78 Å². The number of carboxylic acid groups (broad SMARTS) is 1. The molecular weight excluding hydrogens is 516 g/mol. The molecule has 234 valence electrons. The fourth-order valence-electron chi connectivity index (χ4n) is 6.79. The molecular formula is C32H57F2NO5. The van der Waals surface area contributed by atoms with Crippen molar-refractivity contribution in [2.24, 2.45) is 11.8 Å². The Labute approximate surface area is 241 Å². The lowest BCUT2D eigenvalue weighted by Gasteiger charge is -2.30. The first kappa shape index (κ1) is 35.1. The maximum Gasteiger partial charge on any atom is 0.303 e. The predicted octanol–water partition coefficient (Wildman–Crippen LogP) is 7.19. The molecule has 3 rings (SSSR count). The third kappa shape index (κ3) is 13.2. The average Bonchev–Trinajstić information content (AvgIpc) is 3.20. The average molecular weight is 574 g/mol. The maximum atomic E-state index is 13.9. The van der Waals surface area contributed by atoms with Gasteiger partial charge in [0.05, 0.1) is 6.10 Å². The van der Waals surface area contributed by atoms with E-state index in [-0.39, 0.29) is 49.7 Å². The van der Waals surface area contributed by atoms with E-state index in [4.69, 9.17) is 5.11 Å². The minimum absolute atomic E-state index is 0.0368. The van der Waals surface area contributed by atoms with E-state index in [2.05, 4.69) is 5.32 Å². The van der Waals surface area contributed by atoms with E-state index in [9.17, 15) is 28.6 Å². The van der Waals surface area contributed by atoms with E-state index in [0.717, 1.165) is 31.3 Å². The molecule has 3 aliphatic carbocycles. The van der Waals surface area contributed by atoms with E-state index in [0.29, 0.717) is 25.7 Å². The summed E-state index contributed by atoms with van der Waals surface area (Å²) in [6.07, 6.45) is 16.4. The van der Waals surface area contributed by atoms with Gasteiger partial charge in [-0.1, -0.05) is 71.1 Å². The van der Waals surface area contributed by atoms with Gasteiger partial charge in [0, 0.05) is 37.3 Å². The van der Waals surface area contributed by atoms with Crippen LogP contribution in [0.1, 0.15) is 148 Å². The zero-order valence-corrected chi connectivity index (χ0v) is 24.9. The highest BCUT2D eigenvalue weighted by Gasteiger charge is 2.43. The molecule has 0 amide bonds. The van der Waals surface area contributed by atoms with Gasteiger partial charge in [0.2, 0.25) is 0 Å². The molecule has 0 heterocycles. The van der Waals surface area contributed by atoms with Crippen LogP contribution in [0.2, 0.25) is 0 Å². The predicted molar refractivity (Wildman–Crippen MR) is 155 cm³/mol. The van der Waals surface area contributed by atoms with Crippen LogP contribution in [0.5, 0.6) is 0 Å². The number of hydrogen-bond donors (Lipinski definition) is 4. The summed E-state index contributed by atoms with van der Waals surface area (Å²) < 4.78 is 27.8. The van der Waals surface area contributed by atoms with Gasteiger partial charge >= 0.3 is 5.97 Å². The van der Waals surface area contributed by atoms with E-state index in [1.807, 2.05) is 6.92 Å². The summed E-state index contributed by atoms with van der Waals surface area (Å²) in [4.78, 5) is 22.6. The quantitative estimate of drug-likeness (QED) is 0.146. The minimum Gasteiger partial charge on any atom is -0.481 e. The van der Waals surface area contributed by atoms with Crippen molar-refractivity contribution in [3.8, 4) is 0 Å². The second-order valence-corrected chi connectivity index (χ2v) is 12.6. The monoisotopic (exact) mass is 573 g/mol. The Hall–Kier alpha value is -1.12. The zero-order valence-electron chi connectivity index (χ0n) is 24.9. The van der Waals surface area contributed by atoms with Crippen LogP contribution in [0.3, 0.4) is 0 Å². The molecule has 0 aliphatic heterocycles. The Bertz CT molecular complexity index is 693. The summed E-state index contributed by atoms with van der Waals surface area (Å²) in [6.45, 7) is 1.81. The van der Waals surface area contributed by atoms with Crippen LogP contribution in [0, 0.1) is 11.8 Å². The summed E-state index contributed by atoms with van der Waals surface area (Å²) >= 11 is 0. The third-order valence-corrected chi connectivity index (χ3v) is 9.30. The number of carboxylic acids is 1. The van der Waals surface area contributed by atoms with Crippen molar-refractivity contribution in [2.45, 2.75) is 178 Å². The summed E-state index contributed by atoms with van der Waals surface area (Å²) in [5.41, 5.74) is 0.